The summed E-state index contributed by atoms with van der Waals surface area (Å²) in [6.07, 6.45) is 5.61. The van der Waals surface area contributed by atoms with Crippen LogP contribution in [0.2, 0.25) is 0 Å². The number of rotatable bonds is 2. The Morgan fingerprint density at radius 1 is 1.53 bits per heavy atom. The lowest BCUT2D eigenvalue weighted by Gasteiger charge is -2.34. The van der Waals surface area contributed by atoms with Crippen molar-refractivity contribution in [1.82, 2.24) is 10.3 Å². The molecule has 0 unspecified atom stereocenters. The summed E-state index contributed by atoms with van der Waals surface area (Å²) in [5, 5.41) is 2.98. The molecule has 1 saturated heterocycles. The van der Waals surface area contributed by atoms with Crippen LogP contribution in [0.3, 0.4) is 0 Å². The van der Waals surface area contributed by atoms with Crippen molar-refractivity contribution in [2.45, 2.75) is 25.8 Å². The number of halogens is 1. The van der Waals surface area contributed by atoms with Crippen molar-refractivity contribution >= 4 is 27.5 Å². The molecule has 5 heteroatoms. The molecule has 0 aromatic carbocycles. The van der Waals surface area contributed by atoms with Crippen LogP contribution in [-0.2, 0) is 4.79 Å². The van der Waals surface area contributed by atoms with Gasteiger partial charge in [-0.1, -0.05) is 0 Å². The Balaban J connectivity index is 1.95. The molecule has 0 aliphatic carbocycles. The first-order valence-corrected chi connectivity index (χ1v) is 6.57. The number of nitrogens with one attached hydrogen (secondary N) is 1. The molecule has 1 amide bonds. The van der Waals surface area contributed by atoms with Crippen molar-refractivity contribution in [1.29, 1.82) is 0 Å². The maximum absolute atomic E-state index is 11.0. The van der Waals surface area contributed by atoms with Gasteiger partial charge in [-0.25, -0.2) is 0 Å². The zero-order valence-electron chi connectivity index (χ0n) is 9.82. The summed E-state index contributed by atoms with van der Waals surface area (Å²) >= 11 is 3.51. The second-order valence-electron chi connectivity index (χ2n) is 4.29. The first kappa shape index (κ1) is 12.4. The standard InChI is InChI=1S/C12H16BrN3O/c1-9(17)15-10-3-6-16(7-4-10)12-2-5-14-8-11(12)13/h2,5,8,10H,3-4,6-7H2,1H3,(H,15,17). The van der Waals surface area contributed by atoms with Gasteiger partial charge in [-0.05, 0) is 34.8 Å². The number of amides is 1. The van der Waals surface area contributed by atoms with Gasteiger partial charge in [-0.2, -0.15) is 0 Å². The quantitative estimate of drug-likeness (QED) is 0.907. The zero-order chi connectivity index (χ0) is 12.3. The SMILES string of the molecule is CC(=O)NC1CCN(c2ccncc2Br)CC1. The molecule has 0 atom stereocenters. The molecule has 0 spiro atoms. The third-order valence-electron chi connectivity index (χ3n) is 2.99. The fraction of sp³-hybridized carbons (Fsp3) is 0.500. The molecule has 1 fully saturated rings. The number of hydrogen-bond donors (Lipinski definition) is 1. The molecule has 0 bridgehead atoms. The van der Waals surface area contributed by atoms with Gasteiger partial charge < -0.3 is 10.2 Å². The average molecular weight is 298 g/mol. The largest absolute Gasteiger partial charge is 0.370 e. The van der Waals surface area contributed by atoms with Gasteiger partial charge in [0.2, 0.25) is 5.91 Å². The maximum atomic E-state index is 11.0. The second-order valence-corrected chi connectivity index (χ2v) is 5.14. The van der Waals surface area contributed by atoms with Gasteiger partial charge in [0.1, 0.15) is 0 Å². The third kappa shape index (κ3) is 3.19. The normalized spacial score (nSPS) is 16.9. The highest BCUT2D eigenvalue weighted by molar-refractivity contribution is 9.10. The fourth-order valence-corrected chi connectivity index (χ4v) is 2.68. The highest BCUT2D eigenvalue weighted by Gasteiger charge is 2.20. The molecule has 1 aliphatic heterocycles. The predicted octanol–water partition coefficient (Wildman–Crippen LogP) is 1.95. The number of nitrogens with zero attached hydrogens (tertiary/aromatic N) is 2. The van der Waals surface area contributed by atoms with E-state index in [1.165, 1.54) is 5.69 Å². The van der Waals surface area contributed by atoms with E-state index in [-0.39, 0.29) is 5.91 Å². The number of aromatic nitrogens is 1. The lowest BCUT2D eigenvalue weighted by atomic mass is 10.0. The zero-order valence-corrected chi connectivity index (χ0v) is 11.4. The summed E-state index contributed by atoms with van der Waals surface area (Å²) in [6, 6.07) is 2.34. The van der Waals surface area contributed by atoms with Gasteiger partial charge in [0.15, 0.2) is 0 Å². The molecular weight excluding hydrogens is 282 g/mol. The molecule has 1 aliphatic rings. The predicted molar refractivity (Wildman–Crippen MR) is 71.0 cm³/mol. The number of carbonyl (C=O) groups excluding carboxylic acids is 1. The van der Waals surface area contributed by atoms with Crippen LogP contribution in [0.4, 0.5) is 5.69 Å². The molecule has 2 heterocycles. The minimum atomic E-state index is 0.0635. The van der Waals surface area contributed by atoms with Crippen LogP contribution < -0.4 is 10.2 Å². The van der Waals surface area contributed by atoms with E-state index in [4.69, 9.17) is 0 Å². The van der Waals surface area contributed by atoms with Crippen molar-refractivity contribution in [2.75, 3.05) is 18.0 Å². The first-order valence-electron chi connectivity index (χ1n) is 5.78. The Hall–Kier alpha value is -1.10. The molecule has 0 radical (unpaired) electrons. The molecule has 1 N–H and O–H groups in total. The molecule has 1 aromatic rings. The molecule has 0 saturated carbocycles. The monoisotopic (exact) mass is 297 g/mol. The van der Waals surface area contributed by atoms with E-state index in [1.807, 2.05) is 12.3 Å². The van der Waals surface area contributed by atoms with Crippen LogP contribution in [0.1, 0.15) is 19.8 Å². The van der Waals surface area contributed by atoms with Crippen LogP contribution in [-0.4, -0.2) is 30.0 Å². The summed E-state index contributed by atoms with van der Waals surface area (Å²) in [4.78, 5) is 17.4. The van der Waals surface area contributed by atoms with E-state index in [2.05, 4.69) is 31.1 Å². The summed E-state index contributed by atoms with van der Waals surface area (Å²) < 4.78 is 1.03. The van der Waals surface area contributed by atoms with Gasteiger partial charge in [0.05, 0.1) is 10.2 Å². The first-order chi connectivity index (χ1) is 8.16. The number of pyridine rings is 1. The van der Waals surface area contributed by atoms with Gasteiger partial charge in [0, 0.05) is 38.4 Å². The Morgan fingerprint density at radius 3 is 2.82 bits per heavy atom. The van der Waals surface area contributed by atoms with Crippen molar-refractivity contribution in [2.24, 2.45) is 0 Å². The lowest BCUT2D eigenvalue weighted by molar-refractivity contribution is -0.119. The summed E-state index contributed by atoms with van der Waals surface area (Å²) in [5.74, 6) is 0.0635. The maximum Gasteiger partial charge on any atom is 0.217 e. The van der Waals surface area contributed by atoms with Crippen molar-refractivity contribution < 1.29 is 4.79 Å². The van der Waals surface area contributed by atoms with Crippen molar-refractivity contribution in [3.8, 4) is 0 Å². The highest BCUT2D eigenvalue weighted by Crippen LogP contribution is 2.27. The van der Waals surface area contributed by atoms with Crippen molar-refractivity contribution in [3.05, 3.63) is 22.9 Å². The molecule has 92 valence electrons. The molecule has 1 aromatic heterocycles. The van der Waals surface area contributed by atoms with Crippen LogP contribution in [0.15, 0.2) is 22.9 Å². The summed E-state index contributed by atoms with van der Waals surface area (Å²) in [5.41, 5.74) is 1.18. The second kappa shape index (κ2) is 5.49. The molecule has 2 rings (SSSR count). The van der Waals surface area contributed by atoms with Gasteiger partial charge in [-0.3, -0.25) is 9.78 Å². The Bertz CT molecular complexity index is 402. The number of piperidine rings is 1. The highest BCUT2D eigenvalue weighted by atomic mass is 79.9. The number of hydrogen-bond acceptors (Lipinski definition) is 3. The van der Waals surface area contributed by atoms with E-state index in [0.717, 1.165) is 30.4 Å². The minimum Gasteiger partial charge on any atom is -0.370 e. The smallest absolute Gasteiger partial charge is 0.217 e. The molecule has 17 heavy (non-hydrogen) atoms. The lowest BCUT2D eigenvalue weighted by Crippen LogP contribution is -2.44. The third-order valence-corrected chi connectivity index (χ3v) is 3.61. The van der Waals surface area contributed by atoms with Crippen LogP contribution >= 0.6 is 15.9 Å². The minimum absolute atomic E-state index is 0.0635. The Labute approximate surface area is 110 Å². The molecular formula is C12H16BrN3O. The Morgan fingerprint density at radius 2 is 2.24 bits per heavy atom. The topological polar surface area (TPSA) is 45.2 Å². The van der Waals surface area contributed by atoms with Crippen LogP contribution in [0.5, 0.6) is 0 Å². The Kier molecular flexibility index (Phi) is 3.99. The van der Waals surface area contributed by atoms with Crippen LogP contribution in [0.25, 0.3) is 0 Å². The van der Waals surface area contributed by atoms with Gasteiger partial charge in [-0.15, -0.1) is 0 Å². The fourth-order valence-electron chi connectivity index (χ4n) is 2.18. The van der Waals surface area contributed by atoms with Gasteiger partial charge >= 0.3 is 0 Å². The number of anilines is 1. The van der Waals surface area contributed by atoms with E-state index in [1.54, 1.807) is 13.1 Å². The van der Waals surface area contributed by atoms with Crippen molar-refractivity contribution in [3.63, 3.8) is 0 Å². The van der Waals surface area contributed by atoms with Gasteiger partial charge in [0.25, 0.3) is 0 Å². The van der Waals surface area contributed by atoms with E-state index in [9.17, 15) is 4.79 Å². The summed E-state index contributed by atoms with van der Waals surface area (Å²) in [6.45, 7) is 3.51. The molecule has 4 nitrogen and oxygen atoms in total. The number of carbonyl (C=O) groups is 1. The summed E-state index contributed by atoms with van der Waals surface area (Å²) in [7, 11) is 0. The van der Waals surface area contributed by atoms with Crippen LogP contribution in [0, 0.1) is 0 Å². The average Bonchev–Trinajstić information content (AvgIpc) is 2.30. The van der Waals surface area contributed by atoms with E-state index < -0.39 is 0 Å². The van der Waals surface area contributed by atoms with E-state index >= 15 is 0 Å². The van der Waals surface area contributed by atoms with E-state index in [0.29, 0.717) is 6.04 Å².